The molecule has 0 spiro atoms. The standard InChI is InChI=1S/C26H27F5N8O4/c27-18(12-39-14-22(35-37-39)25(42)33-23(15-40)16-4-2-1-3-5-16)8-9-38-13-21(34-36-38)24(41)32-11-17-10-19(6-7-20(17)28)43-26(29,30)31/h1-7,10,13-14,18,23,34,36,40H,8-9,11-12,15H2,(H,32,41)(H,33,42)/t18?,23-/m0/s1. The first-order valence-electron chi connectivity index (χ1n) is 12.8. The quantitative estimate of drug-likeness (QED) is 0.184. The van der Waals surface area contributed by atoms with Gasteiger partial charge in [-0.15, -0.1) is 23.8 Å². The molecule has 1 aromatic heterocycles. The maximum atomic E-state index is 14.7. The van der Waals surface area contributed by atoms with Crippen LogP contribution in [0.5, 0.6) is 5.75 Å². The van der Waals surface area contributed by atoms with Crippen LogP contribution in [0.3, 0.4) is 0 Å². The number of hydrogen-bond donors (Lipinski definition) is 5. The van der Waals surface area contributed by atoms with Gasteiger partial charge in [-0.25, -0.2) is 13.5 Å². The van der Waals surface area contributed by atoms with Gasteiger partial charge in [0, 0.05) is 24.9 Å². The number of nitrogens with zero attached hydrogens (tertiary/aromatic N) is 4. The SMILES string of the molecule is O=C(NCc1cc(OC(F)(F)F)ccc1F)C1=CN(CCC(F)Cn2cc(C(=O)N[C@@H](CO)c3ccccc3)nn2)NN1. The molecule has 1 aliphatic rings. The molecule has 230 valence electrons. The summed E-state index contributed by atoms with van der Waals surface area (Å²) >= 11 is 0. The molecule has 2 aromatic carbocycles. The molecule has 0 saturated carbocycles. The third-order valence-corrected chi connectivity index (χ3v) is 6.08. The monoisotopic (exact) mass is 610 g/mol. The molecule has 0 bridgehead atoms. The Kier molecular flexibility index (Phi) is 10.1. The first-order valence-corrected chi connectivity index (χ1v) is 12.8. The van der Waals surface area contributed by atoms with Gasteiger partial charge in [-0.2, -0.15) is 0 Å². The lowest BCUT2D eigenvalue weighted by atomic mass is 10.1. The lowest BCUT2D eigenvalue weighted by molar-refractivity contribution is -0.274. The van der Waals surface area contributed by atoms with E-state index < -0.39 is 48.5 Å². The van der Waals surface area contributed by atoms with Crippen molar-refractivity contribution in [2.24, 2.45) is 0 Å². The van der Waals surface area contributed by atoms with Crippen molar-refractivity contribution in [1.82, 2.24) is 41.6 Å². The van der Waals surface area contributed by atoms with Crippen molar-refractivity contribution in [3.8, 4) is 5.75 Å². The van der Waals surface area contributed by atoms with Crippen LogP contribution in [0.2, 0.25) is 0 Å². The summed E-state index contributed by atoms with van der Waals surface area (Å²) in [6, 6.07) is 10.6. The number of aliphatic hydroxyl groups is 1. The maximum absolute atomic E-state index is 14.7. The summed E-state index contributed by atoms with van der Waals surface area (Å²) < 4.78 is 70.8. The summed E-state index contributed by atoms with van der Waals surface area (Å²) in [4.78, 5) is 24.9. The van der Waals surface area contributed by atoms with Gasteiger partial charge in [0.1, 0.15) is 23.4 Å². The van der Waals surface area contributed by atoms with Gasteiger partial charge in [-0.05, 0) is 30.2 Å². The third-order valence-electron chi connectivity index (χ3n) is 6.08. The molecule has 1 unspecified atom stereocenters. The zero-order valence-electron chi connectivity index (χ0n) is 22.3. The van der Waals surface area contributed by atoms with Gasteiger partial charge >= 0.3 is 6.36 Å². The first kappa shape index (κ1) is 31.2. The van der Waals surface area contributed by atoms with Crippen LogP contribution in [0.4, 0.5) is 22.0 Å². The number of rotatable bonds is 13. The van der Waals surface area contributed by atoms with Gasteiger partial charge < -0.3 is 20.5 Å². The summed E-state index contributed by atoms with van der Waals surface area (Å²) in [6.07, 6.45) is -3.75. The number of aromatic nitrogens is 3. The molecule has 1 aliphatic heterocycles. The Morgan fingerprint density at radius 2 is 1.88 bits per heavy atom. The van der Waals surface area contributed by atoms with E-state index in [1.54, 1.807) is 30.3 Å². The first-order chi connectivity index (χ1) is 20.5. The van der Waals surface area contributed by atoms with Gasteiger partial charge in [-0.3, -0.25) is 20.0 Å². The summed E-state index contributed by atoms with van der Waals surface area (Å²) in [5.74, 6) is -2.75. The van der Waals surface area contributed by atoms with Gasteiger partial charge in [0.15, 0.2) is 5.69 Å². The van der Waals surface area contributed by atoms with Gasteiger partial charge in [0.05, 0.1) is 25.4 Å². The van der Waals surface area contributed by atoms with E-state index in [0.717, 1.165) is 18.2 Å². The van der Waals surface area contributed by atoms with Crippen molar-refractivity contribution < 1.29 is 41.4 Å². The number of ether oxygens (including phenoxy) is 1. The number of carbonyl (C=O) groups excluding carboxylic acids is 2. The molecule has 43 heavy (non-hydrogen) atoms. The van der Waals surface area contributed by atoms with E-state index in [1.807, 2.05) is 0 Å². The van der Waals surface area contributed by atoms with Crippen LogP contribution in [0.1, 0.15) is 34.1 Å². The number of benzene rings is 2. The minimum absolute atomic E-state index is 0.00197. The number of hydrogen-bond acceptors (Lipinski definition) is 9. The molecule has 17 heteroatoms. The number of nitrogens with one attached hydrogen (secondary N) is 4. The van der Waals surface area contributed by atoms with Gasteiger partial charge in [0.2, 0.25) is 0 Å². The highest BCUT2D eigenvalue weighted by molar-refractivity contribution is 5.93. The summed E-state index contributed by atoms with van der Waals surface area (Å²) in [7, 11) is 0. The highest BCUT2D eigenvalue weighted by Gasteiger charge is 2.31. The van der Waals surface area contributed by atoms with Crippen LogP contribution in [-0.2, 0) is 17.9 Å². The summed E-state index contributed by atoms with van der Waals surface area (Å²) in [5.41, 5.74) is 5.64. The number of alkyl halides is 4. The van der Waals surface area contributed by atoms with Crippen LogP contribution < -0.4 is 26.3 Å². The molecule has 4 rings (SSSR count). The zero-order valence-corrected chi connectivity index (χ0v) is 22.3. The Labute approximate surface area is 241 Å². The molecule has 3 aromatic rings. The van der Waals surface area contributed by atoms with Crippen LogP contribution in [0.25, 0.3) is 0 Å². The van der Waals surface area contributed by atoms with Gasteiger partial charge in [-0.1, -0.05) is 35.5 Å². The largest absolute Gasteiger partial charge is 0.573 e. The molecule has 2 atom stereocenters. The number of aliphatic hydroxyl groups excluding tert-OH is 1. The van der Waals surface area contributed by atoms with E-state index in [9.17, 15) is 36.6 Å². The molecule has 12 nitrogen and oxygen atoms in total. The van der Waals surface area contributed by atoms with Crippen molar-refractivity contribution in [3.05, 3.63) is 89.3 Å². The molecule has 5 N–H and O–H groups in total. The predicted octanol–water partition coefficient (Wildman–Crippen LogP) is 1.99. The average Bonchev–Trinajstić information content (AvgIpc) is 3.65. The number of carbonyl (C=O) groups is 2. The van der Waals surface area contributed by atoms with Crippen LogP contribution in [0.15, 0.2) is 66.6 Å². The van der Waals surface area contributed by atoms with Crippen LogP contribution in [0, 0.1) is 5.82 Å². The fourth-order valence-electron chi connectivity index (χ4n) is 3.96. The van der Waals surface area contributed by atoms with E-state index in [2.05, 4.69) is 36.6 Å². The van der Waals surface area contributed by atoms with Crippen LogP contribution in [-0.4, -0.2) is 62.6 Å². The normalized spacial score (nSPS) is 14.5. The fraction of sp³-hybridized carbons (Fsp3) is 0.308. The maximum Gasteiger partial charge on any atom is 0.573 e. The highest BCUT2D eigenvalue weighted by atomic mass is 19.4. The van der Waals surface area contributed by atoms with E-state index in [4.69, 9.17) is 0 Å². The zero-order chi connectivity index (χ0) is 31.0. The van der Waals surface area contributed by atoms with Crippen molar-refractivity contribution >= 4 is 11.8 Å². The Hall–Kier alpha value is -4.77. The second-order valence-corrected chi connectivity index (χ2v) is 9.29. The number of amides is 2. The Balaban J connectivity index is 1.22. The van der Waals surface area contributed by atoms with Crippen molar-refractivity contribution in [3.63, 3.8) is 0 Å². The second kappa shape index (κ2) is 13.9. The fourth-order valence-corrected chi connectivity index (χ4v) is 3.96. The molecule has 0 saturated heterocycles. The lowest BCUT2D eigenvalue weighted by Gasteiger charge is -2.16. The van der Waals surface area contributed by atoms with Crippen molar-refractivity contribution in [2.45, 2.75) is 38.1 Å². The minimum Gasteiger partial charge on any atom is -0.406 e. The number of hydrazine groups is 2. The van der Waals surface area contributed by atoms with Gasteiger partial charge in [0.25, 0.3) is 11.8 Å². The average molecular weight is 611 g/mol. The summed E-state index contributed by atoms with van der Waals surface area (Å²) in [5, 5.41) is 23.6. The lowest BCUT2D eigenvalue weighted by Crippen LogP contribution is -2.40. The van der Waals surface area contributed by atoms with E-state index in [0.29, 0.717) is 5.56 Å². The number of halogens is 5. The molecule has 0 radical (unpaired) electrons. The molecule has 0 aliphatic carbocycles. The Morgan fingerprint density at radius 3 is 2.60 bits per heavy atom. The molecule has 0 fully saturated rings. The Bertz CT molecular complexity index is 1440. The second-order valence-electron chi connectivity index (χ2n) is 9.29. The Morgan fingerprint density at radius 1 is 1.12 bits per heavy atom. The summed E-state index contributed by atoms with van der Waals surface area (Å²) in [6.45, 7) is -0.853. The highest BCUT2D eigenvalue weighted by Crippen LogP contribution is 2.24. The van der Waals surface area contributed by atoms with Crippen molar-refractivity contribution in [2.75, 3.05) is 13.2 Å². The van der Waals surface area contributed by atoms with E-state index in [1.165, 1.54) is 22.1 Å². The third kappa shape index (κ3) is 9.11. The topological polar surface area (TPSA) is 146 Å². The smallest absolute Gasteiger partial charge is 0.406 e. The molecule has 2 heterocycles. The predicted molar refractivity (Wildman–Crippen MR) is 139 cm³/mol. The van der Waals surface area contributed by atoms with E-state index >= 15 is 0 Å². The van der Waals surface area contributed by atoms with Crippen molar-refractivity contribution in [1.29, 1.82) is 0 Å². The minimum atomic E-state index is -4.95. The van der Waals surface area contributed by atoms with E-state index in [-0.39, 0.29) is 43.1 Å². The molecule has 2 amide bonds. The van der Waals surface area contributed by atoms with Crippen LogP contribution >= 0.6 is 0 Å². The molecular weight excluding hydrogens is 583 g/mol. The molecular formula is C26H27F5N8O4.